The van der Waals surface area contributed by atoms with E-state index in [0.717, 1.165) is 54.1 Å². The number of fused-ring (bicyclic) bond motifs is 1. The first-order chi connectivity index (χ1) is 17.7. The smallest absolute Gasteiger partial charge is 0.253 e. The lowest BCUT2D eigenvalue weighted by atomic mass is 9.99. The number of piperazine rings is 1. The Morgan fingerprint density at radius 3 is 2.43 bits per heavy atom. The van der Waals surface area contributed by atoms with Crippen molar-refractivity contribution in [3.63, 3.8) is 0 Å². The number of hydrogen-bond acceptors (Lipinski definition) is 7. The van der Waals surface area contributed by atoms with Crippen molar-refractivity contribution in [2.75, 3.05) is 38.2 Å². The van der Waals surface area contributed by atoms with Gasteiger partial charge in [-0.05, 0) is 91.9 Å². The lowest BCUT2D eigenvalue weighted by Gasteiger charge is -2.40. The third-order valence-electron chi connectivity index (χ3n) is 7.25. The molecule has 4 aromatic rings. The topological polar surface area (TPSA) is 92.2 Å². The quantitative estimate of drug-likeness (QED) is 0.445. The number of benzene rings is 2. The molecule has 9 nitrogen and oxygen atoms in total. The van der Waals surface area contributed by atoms with Crippen LogP contribution >= 0.6 is 0 Å². The van der Waals surface area contributed by atoms with Crippen LogP contribution in [0.25, 0.3) is 10.9 Å². The Bertz CT molecular complexity index is 1480. The highest BCUT2D eigenvalue weighted by atomic mass is 16.5. The van der Waals surface area contributed by atoms with Gasteiger partial charge in [-0.3, -0.25) is 9.69 Å². The van der Waals surface area contributed by atoms with Crippen LogP contribution < -0.4 is 15.2 Å². The molecule has 0 bridgehead atoms. The van der Waals surface area contributed by atoms with Crippen molar-refractivity contribution >= 4 is 16.6 Å². The van der Waals surface area contributed by atoms with Crippen LogP contribution in [-0.4, -0.2) is 63.4 Å². The molecule has 2 aromatic heterocycles. The number of tetrazole rings is 1. The van der Waals surface area contributed by atoms with Crippen molar-refractivity contribution in [1.29, 1.82) is 0 Å². The molecule has 0 unspecified atom stereocenters. The summed E-state index contributed by atoms with van der Waals surface area (Å²) in [5, 5.41) is 13.8. The second-order valence-electron chi connectivity index (χ2n) is 10.8. The number of ether oxygens (including phenoxy) is 1. The standard InChI is InChI=1S/C28H35N7O2/c1-18-14-20-16-23(27(36)29-24(20)15-19(18)2)25(26-30-31-32-35(26)28(3,4)5)34-12-10-33(11-13-34)21-8-7-9-22(17-21)37-6/h7-9,14-17,25H,10-13H2,1-6H3,(H,29,36)/t25-/m1/s1. The van der Waals surface area contributed by atoms with Crippen LogP contribution in [0.1, 0.15) is 49.3 Å². The molecule has 1 N–H and O–H groups in total. The number of rotatable bonds is 5. The van der Waals surface area contributed by atoms with Crippen LogP contribution in [0, 0.1) is 13.8 Å². The molecule has 1 saturated heterocycles. The summed E-state index contributed by atoms with van der Waals surface area (Å²) in [6.07, 6.45) is 0. The van der Waals surface area contributed by atoms with E-state index in [4.69, 9.17) is 4.74 Å². The molecule has 3 heterocycles. The molecule has 5 rings (SSSR count). The Morgan fingerprint density at radius 2 is 1.73 bits per heavy atom. The Morgan fingerprint density at radius 1 is 1.00 bits per heavy atom. The SMILES string of the molecule is COc1cccc(N2CCN([C@H](c3cc4cc(C)c(C)cc4[nH]c3=O)c3nnnn3C(C)(C)C)CC2)c1. The molecule has 9 heteroatoms. The molecular weight excluding hydrogens is 466 g/mol. The van der Waals surface area contributed by atoms with E-state index in [9.17, 15) is 4.79 Å². The number of pyridine rings is 1. The number of aromatic nitrogens is 5. The van der Waals surface area contributed by atoms with E-state index in [-0.39, 0.29) is 17.1 Å². The maximum atomic E-state index is 13.5. The fourth-order valence-electron chi connectivity index (χ4n) is 5.08. The molecule has 1 aliphatic rings. The Hall–Kier alpha value is -3.72. The second-order valence-corrected chi connectivity index (χ2v) is 10.8. The molecule has 194 valence electrons. The first kappa shape index (κ1) is 25.0. The highest BCUT2D eigenvalue weighted by Crippen LogP contribution is 2.31. The fourth-order valence-corrected chi connectivity index (χ4v) is 5.08. The van der Waals surface area contributed by atoms with Gasteiger partial charge in [-0.1, -0.05) is 6.07 Å². The van der Waals surface area contributed by atoms with Gasteiger partial charge >= 0.3 is 0 Å². The molecular formula is C28H35N7O2. The third kappa shape index (κ3) is 4.83. The minimum absolute atomic E-state index is 0.112. The van der Waals surface area contributed by atoms with Gasteiger partial charge in [0.25, 0.3) is 5.56 Å². The highest BCUT2D eigenvalue weighted by Gasteiger charge is 2.35. The second kappa shape index (κ2) is 9.63. The van der Waals surface area contributed by atoms with Crippen molar-refractivity contribution in [2.24, 2.45) is 0 Å². The van der Waals surface area contributed by atoms with E-state index in [1.54, 1.807) is 7.11 Å². The lowest BCUT2D eigenvalue weighted by Crippen LogP contribution is -2.49. The lowest BCUT2D eigenvalue weighted by molar-refractivity contribution is 0.190. The molecule has 2 aromatic carbocycles. The van der Waals surface area contributed by atoms with Crippen LogP contribution in [-0.2, 0) is 5.54 Å². The van der Waals surface area contributed by atoms with Crippen molar-refractivity contribution in [2.45, 2.75) is 46.2 Å². The largest absolute Gasteiger partial charge is 0.497 e. The van der Waals surface area contributed by atoms with Gasteiger partial charge in [0.1, 0.15) is 11.8 Å². The number of aromatic amines is 1. The molecule has 0 spiro atoms. The van der Waals surface area contributed by atoms with Crippen molar-refractivity contribution in [1.82, 2.24) is 30.1 Å². The van der Waals surface area contributed by atoms with E-state index in [1.807, 2.05) is 28.9 Å². The summed E-state index contributed by atoms with van der Waals surface area (Å²) in [5.74, 6) is 1.52. The zero-order valence-electron chi connectivity index (χ0n) is 22.4. The predicted molar refractivity (Wildman–Crippen MR) is 145 cm³/mol. The zero-order valence-corrected chi connectivity index (χ0v) is 22.4. The van der Waals surface area contributed by atoms with Crippen LogP contribution in [0.2, 0.25) is 0 Å². The van der Waals surface area contributed by atoms with Crippen molar-refractivity contribution in [3.8, 4) is 5.75 Å². The van der Waals surface area contributed by atoms with Crippen molar-refractivity contribution in [3.05, 3.63) is 75.3 Å². The summed E-state index contributed by atoms with van der Waals surface area (Å²) in [6.45, 7) is 13.5. The molecule has 37 heavy (non-hydrogen) atoms. The molecule has 1 atom stereocenters. The van der Waals surface area contributed by atoms with E-state index in [0.29, 0.717) is 11.4 Å². The minimum atomic E-state index is -0.378. The number of hydrogen-bond donors (Lipinski definition) is 1. The van der Waals surface area contributed by atoms with Crippen LogP contribution in [0.15, 0.2) is 47.3 Å². The fraction of sp³-hybridized carbons (Fsp3) is 0.429. The van der Waals surface area contributed by atoms with Crippen molar-refractivity contribution < 1.29 is 4.74 Å². The molecule has 1 aliphatic heterocycles. The first-order valence-corrected chi connectivity index (χ1v) is 12.7. The maximum Gasteiger partial charge on any atom is 0.253 e. The molecule has 0 saturated carbocycles. The monoisotopic (exact) mass is 501 g/mol. The van der Waals surface area contributed by atoms with E-state index in [2.05, 4.69) is 83.1 Å². The number of anilines is 1. The number of aryl methyl sites for hydroxylation is 2. The minimum Gasteiger partial charge on any atom is -0.497 e. The van der Waals surface area contributed by atoms with Crippen LogP contribution in [0.3, 0.4) is 0 Å². The van der Waals surface area contributed by atoms with Gasteiger partial charge in [0.15, 0.2) is 5.82 Å². The average Bonchev–Trinajstić information content (AvgIpc) is 3.36. The Balaban J connectivity index is 1.55. The summed E-state index contributed by atoms with van der Waals surface area (Å²) in [7, 11) is 1.69. The van der Waals surface area contributed by atoms with E-state index < -0.39 is 0 Å². The zero-order chi connectivity index (χ0) is 26.3. The molecule has 1 fully saturated rings. The van der Waals surface area contributed by atoms with E-state index >= 15 is 0 Å². The van der Waals surface area contributed by atoms with Gasteiger partial charge in [0.05, 0.1) is 12.6 Å². The summed E-state index contributed by atoms with van der Waals surface area (Å²) in [5.41, 5.74) is 4.52. The summed E-state index contributed by atoms with van der Waals surface area (Å²) in [4.78, 5) is 21.3. The van der Waals surface area contributed by atoms with Crippen LogP contribution in [0.4, 0.5) is 5.69 Å². The highest BCUT2D eigenvalue weighted by molar-refractivity contribution is 5.81. The van der Waals surface area contributed by atoms with Gasteiger partial charge < -0.3 is 14.6 Å². The molecule has 0 aliphatic carbocycles. The number of nitrogens with one attached hydrogen (secondary N) is 1. The van der Waals surface area contributed by atoms with Gasteiger partial charge in [0.2, 0.25) is 0 Å². The maximum absolute atomic E-state index is 13.5. The van der Waals surface area contributed by atoms with Crippen LogP contribution in [0.5, 0.6) is 5.75 Å². The van der Waals surface area contributed by atoms with Gasteiger partial charge in [-0.15, -0.1) is 5.10 Å². The summed E-state index contributed by atoms with van der Waals surface area (Å²) >= 11 is 0. The average molecular weight is 502 g/mol. The Kier molecular flexibility index (Phi) is 6.49. The summed E-state index contributed by atoms with van der Waals surface area (Å²) < 4.78 is 7.26. The first-order valence-electron chi connectivity index (χ1n) is 12.7. The van der Waals surface area contributed by atoms with E-state index in [1.165, 1.54) is 5.56 Å². The molecule has 0 amide bonds. The van der Waals surface area contributed by atoms with Gasteiger partial charge in [0, 0.05) is 49.0 Å². The van der Waals surface area contributed by atoms with Gasteiger partial charge in [-0.25, -0.2) is 4.68 Å². The Labute approximate surface area is 217 Å². The third-order valence-corrected chi connectivity index (χ3v) is 7.25. The number of H-pyrrole nitrogens is 1. The number of nitrogens with zero attached hydrogens (tertiary/aromatic N) is 6. The predicted octanol–water partition coefficient (Wildman–Crippen LogP) is 3.81. The van der Waals surface area contributed by atoms with Gasteiger partial charge in [-0.2, -0.15) is 0 Å². The number of methoxy groups -OCH3 is 1. The summed E-state index contributed by atoms with van der Waals surface area (Å²) in [6, 6.07) is 13.9. The molecule has 0 radical (unpaired) electrons. The normalized spacial score (nSPS) is 15.8.